The van der Waals surface area contributed by atoms with Crippen LogP contribution in [0.4, 0.5) is 0 Å². The molecule has 1 aromatic heterocycles. The number of imidazole rings is 1. The number of sulfonamides is 1. The van der Waals surface area contributed by atoms with Crippen LogP contribution >= 0.6 is 0 Å². The highest BCUT2D eigenvalue weighted by Crippen LogP contribution is 2.20. The van der Waals surface area contributed by atoms with E-state index in [1.54, 1.807) is 6.92 Å². The van der Waals surface area contributed by atoms with E-state index >= 15 is 0 Å². The summed E-state index contributed by atoms with van der Waals surface area (Å²) < 4.78 is 25.8. The molecule has 8 heteroatoms. The molecule has 7 nitrogen and oxygen atoms in total. The molecule has 0 radical (unpaired) electrons. The van der Waals surface area contributed by atoms with E-state index < -0.39 is 10.0 Å². The number of aryl methyl sites for hydroxylation is 1. The van der Waals surface area contributed by atoms with Crippen molar-refractivity contribution < 1.29 is 13.2 Å². The van der Waals surface area contributed by atoms with Crippen molar-refractivity contribution in [3.8, 4) is 0 Å². The van der Waals surface area contributed by atoms with Crippen molar-refractivity contribution in [1.82, 2.24) is 14.3 Å². The number of hydrogen-bond acceptors (Lipinski definition) is 5. The molecule has 1 aliphatic rings. The van der Waals surface area contributed by atoms with Crippen molar-refractivity contribution in [3.05, 3.63) is 12.0 Å². The zero-order chi connectivity index (χ0) is 13.2. The molecule has 0 saturated carbocycles. The summed E-state index contributed by atoms with van der Waals surface area (Å²) in [7, 11) is -3.50. The van der Waals surface area contributed by atoms with Gasteiger partial charge in [0.25, 0.3) is 10.0 Å². The standard InChI is InChI=1S/C10H14N4O3S/c1-8-11-6-10(13-8)18(16,17)14-4-2-9(3-5-14)12-7-15/h6,9H,2-5H2,1H3,(H,11,13). The Morgan fingerprint density at radius 2 is 2.17 bits per heavy atom. The minimum atomic E-state index is -3.50. The van der Waals surface area contributed by atoms with Gasteiger partial charge in [-0.2, -0.15) is 4.31 Å². The third kappa shape index (κ3) is 2.50. The summed E-state index contributed by atoms with van der Waals surface area (Å²) in [5.41, 5.74) is 0. The molecule has 2 heterocycles. The molecule has 0 aliphatic carbocycles. The van der Waals surface area contributed by atoms with Gasteiger partial charge in [0.1, 0.15) is 5.82 Å². The molecule has 1 N–H and O–H groups in total. The Morgan fingerprint density at radius 3 is 2.67 bits per heavy atom. The highest BCUT2D eigenvalue weighted by molar-refractivity contribution is 7.89. The van der Waals surface area contributed by atoms with Crippen LogP contribution in [0.5, 0.6) is 0 Å². The van der Waals surface area contributed by atoms with E-state index in [-0.39, 0.29) is 11.1 Å². The zero-order valence-electron chi connectivity index (χ0n) is 9.96. The van der Waals surface area contributed by atoms with Crippen LogP contribution in [-0.4, -0.2) is 47.9 Å². The maximum absolute atomic E-state index is 12.2. The maximum atomic E-state index is 12.2. The van der Waals surface area contributed by atoms with E-state index in [1.165, 1.54) is 16.6 Å². The number of H-pyrrole nitrogens is 1. The van der Waals surface area contributed by atoms with Gasteiger partial charge in [-0.1, -0.05) is 0 Å². The van der Waals surface area contributed by atoms with Crippen LogP contribution in [0, 0.1) is 6.92 Å². The highest BCUT2D eigenvalue weighted by atomic mass is 32.2. The lowest BCUT2D eigenvalue weighted by Gasteiger charge is -2.28. The number of carbonyl (C=O) groups excluding carboxylic acids is 1. The lowest BCUT2D eigenvalue weighted by molar-refractivity contribution is 0.319. The predicted molar refractivity (Wildman–Crippen MR) is 63.2 cm³/mol. The van der Waals surface area contributed by atoms with E-state index in [9.17, 15) is 13.2 Å². The number of piperidine rings is 1. The van der Waals surface area contributed by atoms with Gasteiger partial charge in [0, 0.05) is 13.1 Å². The molecule has 0 spiro atoms. The monoisotopic (exact) mass is 270 g/mol. The number of hydrogen-bond donors (Lipinski definition) is 1. The predicted octanol–water partition coefficient (Wildman–Crippen LogP) is 0.207. The fraction of sp³-hybridized carbons (Fsp3) is 0.600. The Hall–Kier alpha value is -1.50. The number of isocyanates is 1. The first-order chi connectivity index (χ1) is 8.54. The van der Waals surface area contributed by atoms with Gasteiger partial charge < -0.3 is 4.98 Å². The lowest BCUT2D eigenvalue weighted by atomic mass is 10.1. The Balaban J connectivity index is 2.11. The first-order valence-electron chi connectivity index (χ1n) is 5.63. The van der Waals surface area contributed by atoms with Crippen molar-refractivity contribution in [1.29, 1.82) is 0 Å². The van der Waals surface area contributed by atoms with E-state index in [0.29, 0.717) is 31.8 Å². The fourth-order valence-electron chi connectivity index (χ4n) is 1.95. The van der Waals surface area contributed by atoms with Crippen molar-refractivity contribution in [2.75, 3.05) is 13.1 Å². The van der Waals surface area contributed by atoms with Gasteiger partial charge in [0.05, 0.1) is 12.2 Å². The molecule has 2 rings (SSSR count). The molecule has 1 fully saturated rings. The first kappa shape index (κ1) is 12.9. The summed E-state index contributed by atoms with van der Waals surface area (Å²) in [5.74, 6) is 0.564. The summed E-state index contributed by atoms with van der Waals surface area (Å²) in [6.07, 6.45) is 3.92. The Bertz CT molecular complexity index is 566. The second-order valence-corrected chi connectivity index (χ2v) is 6.09. The number of nitrogens with zero attached hydrogens (tertiary/aromatic N) is 3. The summed E-state index contributed by atoms with van der Waals surface area (Å²) >= 11 is 0. The molecule has 0 atom stereocenters. The normalized spacial score (nSPS) is 18.5. The van der Waals surface area contributed by atoms with E-state index in [0.717, 1.165) is 0 Å². The van der Waals surface area contributed by atoms with E-state index in [1.807, 2.05) is 0 Å². The average molecular weight is 270 g/mol. The molecular weight excluding hydrogens is 256 g/mol. The second-order valence-electron chi connectivity index (χ2n) is 4.19. The van der Waals surface area contributed by atoms with Crippen molar-refractivity contribution >= 4 is 16.1 Å². The summed E-state index contributed by atoms with van der Waals surface area (Å²) in [6, 6.07) is -0.113. The van der Waals surface area contributed by atoms with Gasteiger partial charge in [0.2, 0.25) is 6.08 Å². The molecule has 1 saturated heterocycles. The third-order valence-electron chi connectivity index (χ3n) is 2.96. The Morgan fingerprint density at radius 1 is 1.50 bits per heavy atom. The van der Waals surface area contributed by atoms with Crippen molar-refractivity contribution in [2.45, 2.75) is 30.8 Å². The maximum Gasteiger partial charge on any atom is 0.260 e. The van der Waals surface area contributed by atoms with E-state index in [4.69, 9.17) is 0 Å². The summed E-state index contributed by atoms with van der Waals surface area (Å²) in [6.45, 7) is 2.41. The smallest absolute Gasteiger partial charge is 0.260 e. The molecule has 0 unspecified atom stereocenters. The Labute approximate surface area is 105 Å². The molecule has 1 aromatic rings. The van der Waals surface area contributed by atoms with Crippen molar-refractivity contribution in [2.24, 2.45) is 4.99 Å². The van der Waals surface area contributed by atoms with Crippen LogP contribution in [0.1, 0.15) is 18.7 Å². The molecular formula is C10H14N4O3S. The van der Waals surface area contributed by atoms with Crippen LogP contribution in [0.25, 0.3) is 0 Å². The first-order valence-corrected chi connectivity index (χ1v) is 7.07. The molecule has 1 aliphatic heterocycles. The largest absolute Gasteiger partial charge is 0.332 e. The second kappa shape index (κ2) is 5.01. The van der Waals surface area contributed by atoms with Crippen LogP contribution in [0.15, 0.2) is 16.2 Å². The molecule has 98 valence electrons. The van der Waals surface area contributed by atoms with Gasteiger partial charge >= 0.3 is 0 Å². The minimum absolute atomic E-state index is 0.109. The Kier molecular flexibility index (Phi) is 3.60. The average Bonchev–Trinajstić information content (AvgIpc) is 2.78. The third-order valence-corrected chi connectivity index (χ3v) is 4.76. The quantitative estimate of drug-likeness (QED) is 0.627. The van der Waals surface area contributed by atoms with E-state index in [2.05, 4.69) is 15.0 Å². The van der Waals surface area contributed by atoms with Gasteiger partial charge in [0.15, 0.2) is 5.03 Å². The van der Waals surface area contributed by atoms with Crippen molar-refractivity contribution in [3.63, 3.8) is 0 Å². The number of aromatic amines is 1. The lowest BCUT2D eigenvalue weighted by Crippen LogP contribution is -2.39. The fourth-order valence-corrected chi connectivity index (χ4v) is 3.39. The van der Waals surface area contributed by atoms with Crippen LogP contribution in [-0.2, 0) is 14.8 Å². The van der Waals surface area contributed by atoms with Gasteiger partial charge in [-0.25, -0.2) is 23.2 Å². The van der Waals surface area contributed by atoms with Gasteiger partial charge in [-0.05, 0) is 19.8 Å². The molecule has 0 aromatic carbocycles. The minimum Gasteiger partial charge on any atom is -0.332 e. The van der Waals surface area contributed by atoms with Crippen LogP contribution in [0.3, 0.4) is 0 Å². The summed E-state index contributed by atoms with van der Waals surface area (Å²) in [5, 5.41) is 0.109. The topological polar surface area (TPSA) is 95.5 Å². The highest BCUT2D eigenvalue weighted by Gasteiger charge is 2.30. The van der Waals surface area contributed by atoms with Gasteiger partial charge in [-0.15, -0.1) is 0 Å². The van der Waals surface area contributed by atoms with Gasteiger partial charge in [-0.3, -0.25) is 0 Å². The zero-order valence-corrected chi connectivity index (χ0v) is 10.8. The molecule has 0 bridgehead atoms. The van der Waals surface area contributed by atoms with Crippen LogP contribution in [0.2, 0.25) is 0 Å². The molecule has 18 heavy (non-hydrogen) atoms. The summed E-state index contributed by atoms with van der Waals surface area (Å²) in [4.78, 5) is 20.4. The SMILES string of the molecule is Cc1ncc(S(=O)(=O)N2CCC(N=C=O)CC2)[nH]1. The number of rotatable bonds is 3. The molecule has 0 amide bonds. The van der Waals surface area contributed by atoms with Crippen LogP contribution < -0.4 is 0 Å². The number of aromatic nitrogens is 2. The number of aliphatic imine (C=N–C) groups is 1. The number of nitrogens with one attached hydrogen (secondary N) is 1.